The summed E-state index contributed by atoms with van der Waals surface area (Å²) in [4.78, 5) is 11.5. The van der Waals surface area contributed by atoms with Gasteiger partial charge in [0.2, 0.25) is 0 Å². The fraction of sp³-hybridized carbons (Fsp3) is 0.333. The van der Waals surface area contributed by atoms with Crippen LogP contribution in [-0.2, 0) is 14.3 Å². The number of carbonyl (C=O) groups is 1. The molecule has 1 atom stereocenters. The van der Waals surface area contributed by atoms with E-state index in [1.54, 1.807) is 31.2 Å². The van der Waals surface area contributed by atoms with Crippen molar-refractivity contribution in [2.45, 2.75) is 13.0 Å². The number of hydrogen-bond donors (Lipinski definition) is 1. The lowest BCUT2D eigenvalue weighted by atomic mass is 10.0. The second-order valence-corrected chi connectivity index (χ2v) is 3.80. The predicted molar refractivity (Wildman–Crippen MR) is 67.1 cm³/mol. The molecule has 0 aliphatic carbocycles. The molecule has 0 aliphatic rings. The Morgan fingerprint density at radius 2 is 2.06 bits per heavy atom. The first-order chi connectivity index (χ1) is 8.63. The molecular weight excluding hydrogens is 258 g/mol. The van der Waals surface area contributed by atoms with Crippen molar-refractivity contribution in [2.75, 3.05) is 13.7 Å². The molecule has 0 aromatic heterocycles. The molecule has 0 aliphatic heterocycles. The monoisotopic (exact) mass is 271 g/mol. The summed E-state index contributed by atoms with van der Waals surface area (Å²) >= 11 is 5.78. The van der Waals surface area contributed by atoms with Crippen LogP contribution in [0.1, 0.15) is 18.6 Å². The number of esters is 1. The molecule has 0 heterocycles. The summed E-state index contributed by atoms with van der Waals surface area (Å²) in [6.07, 6.45) is -0.787. The highest BCUT2D eigenvalue weighted by atomic mass is 35.5. The second-order valence-electron chi connectivity index (χ2n) is 3.36. The number of oxime groups is 1. The Kier molecular flexibility index (Phi) is 5.61. The van der Waals surface area contributed by atoms with Crippen molar-refractivity contribution < 1.29 is 19.5 Å². The smallest absolute Gasteiger partial charge is 0.358 e. The van der Waals surface area contributed by atoms with E-state index in [2.05, 4.69) is 9.89 Å². The lowest BCUT2D eigenvalue weighted by Crippen LogP contribution is -2.26. The van der Waals surface area contributed by atoms with Crippen LogP contribution in [0, 0.1) is 0 Å². The summed E-state index contributed by atoms with van der Waals surface area (Å²) < 4.78 is 9.95. The Labute approximate surface area is 110 Å². The molecule has 1 N–H and O–H groups in total. The van der Waals surface area contributed by atoms with Crippen LogP contribution < -0.4 is 0 Å². The molecule has 0 radical (unpaired) electrons. The zero-order chi connectivity index (χ0) is 13.5. The van der Waals surface area contributed by atoms with Crippen LogP contribution >= 0.6 is 11.6 Å². The van der Waals surface area contributed by atoms with E-state index in [9.17, 15) is 4.79 Å². The molecule has 1 aromatic rings. The van der Waals surface area contributed by atoms with Crippen LogP contribution in [-0.4, -0.2) is 30.6 Å². The van der Waals surface area contributed by atoms with Gasteiger partial charge in [0.05, 0.1) is 7.11 Å². The Hall–Kier alpha value is -1.59. The highest BCUT2D eigenvalue weighted by Gasteiger charge is 2.26. The molecule has 0 bridgehead atoms. The molecule has 1 unspecified atom stereocenters. The highest BCUT2D eigenvalue weighted by Crippen LogP contribution is 2.22. The van der Waals surface area contributed by atoms with Crippen LogP contribution in [0.3, 0.4) is 0 Å². The minimum atomic E-state index is -0.787. The minimum absolute atomic E-state index is 0.207. The van der Waals surface area contributed by atoms with Crippen molar-refractivity contribution in [1.29, 1.82) is 0 Å². The normalized spacial score (nSPS) is 13.2. The molecule has 0 fully saturated rings. The Bertz CT molecular complexity index is 430. The standard InChI is InChI=1S/C12H14ClNO4/c1-3-18-11(10(14-16)12(15)17-2)8-4-6-9(13)7-5-8/h4-7,11,16H,3H2,1-2H3/b14-10+. The molecule has 0 amide bonds. The summed E-state index contributed by atoms with van der Waals surface area (Å²) in [7, 11) is 1.21. The topological polar surface area (TPSA) is 68.1 Å². The van der Waals surface area contributed by atoms with Crippen LogP contribution in [0.2, 0.25) is 5.02 Å². The molecule has 0 spiro atoms. The number of hydrogen-bond acceptors (Lipinski definition) is 5. The number of ether oxygens (including phenoxy) is 2. The summed E-state index contributed by atoms with van der Waals surface area (Å²) in [5.74, 6) is -0.745. The second kappa shape index (κ2) is 6.98. The lowest BCUT2D eigenvalue weighted by Gasteiger charge is -2.17. The summed E-state index contributed by atoms with van der Waals surface area (Å²) in [5, 5.41) is 12.4. The molecule has 1 rings (SSSR count). The average Bonchev–Trinajstić information content (AvgIpc) is 2.39. The number of nitrogens with zero attached hydrogens (tertiary/aromatic N) is 1. The largest absolute Gasteiger partial charge is 0.464 e. The maximum absolute atomic E-state index is 11.5. The third-order valence-corrected chi connectivity index (χ3v) is 2.51. The summed E-state index contributed by atoms with van der Waals surface area (Å²) in [6, 6.07) is 6.71. The fourth-order valence-electron chi connectivity index (χ4n) is 1.44. The van der Waals surface area contributed by atoms with Crippen molar-refractivity contribution in [3.05, 3.63) is 34.9 Å². The van der Waals surface area contributed by atoms with Crippen molar-refractivity contribution in [3.63, 3.8) is 0 Å². The van der Waals surface area contributed by atoms with E-state index in [4.69, 9.17) is 21.5 Å². The van der Waals surface area contributed by atoms with E-state index in [-0.39, 0.29) is 5.71 Å². The van der Waals surface area contributed by atoms with E-state index in [0.717, 1.165) is 0 Å². The Balaban J connectivity index is 3.08. The van der Waals surface area contributed by atoms with E-state index in [1.807, 2.05) is 0 Å². The van der Waals surface area contributed by atoms with Gasteiger partial charge in [-0.15, -0.1) is 0 Å². The average molecular weight is 272 g/mol. The van der Waals surface area contributed by atoms with Gasteiger partial charge in [-0.3, -0.25) is 0 Å². The highest BCUT2D eigenvalue weighted by molar-refractivity contribution is 6.38. The fourth-order valence-corrected chi connectivity index (χ4v) is 1.57. The number of carbonyl (C=O) groups excluding carboxylic acids is 1. The lowest BCUT2D eigenvalue weighted by molar-refractivity contribution is -0.133. The molecule has 0 saturated carbocycles. The third kappa shape index (κ3) is 3.45. The van der Waals surface area contributed by atoms with Gasteiger partial charge < -0.3 is 14.7 Å². The molecule has 18 heavy (non-hydrogen) atoms. The van der Waals surface area contributed by atoms with Crippen LogP contribution in [0.15, 0.2) is 29.4 Å². The van der Waals surface area contributed by atoms with Gasteiger partial charge in [0.25, 0.3) is 0 Å². The maximum atomic E-state index is 11.5. The number of methoxy groups -OCH3 is 1. The molecule has 98 valence electrons. The van der Waals surface area contributed by atoms with Gasteiger partial charge in [-0.25, -0.2) is 4.79 Å². The summed E-state index contributed by atoms with van der Waals surface area (Å²) in [6.45, 7) is 2.12. The van der Waals surface area contributed by atoms with Gasteiger partial charge in [0, 0.05) is 11.6 Å². The van der Waals surface area contributed by atoms with Gasteiger partial charge in [0.15, 0.2) is 5.71 Å². The maximum Gasteiger partial charge on any atom is 0.358 e. The Morgan fingerprint density at radius 3 is 2.50 bits per heavy atom. The Morgan fingerprint density at radius 1 is 1.44 bits per heavy atom. The van der Waals surface area contributed by atoms with E-state index < -0.39 is 12.1 Å². The molecule has 1 aromatic carbocycles. The van der Waals surface area contributed by atoms with Gasteiger partial charge >= 0.3 is 5.97 Å². The zero-order valence-electron chi connectivity index (χ0n) is 10.1. The van der Waals surface area contributed by atoms with E-state index in [0.29, 0.717) is 17.2 Å². The summed E-state index contributed by atoms with van der Waals surface area (Å²) in [5.41, 5.74) is 0.445. The number of rotatable bonds is 5. The van der Waals surface area contributed by atoms with Crippen molar-refractivity contribution >= 4 is 23.3 Å². The zero-order valence-corrected chi connectivity index (χ0v) is 10.8. The van der Waals surface area contributed by atoms with Crippen LogP contribution in [0.5, 0.6) is 0 Å². The van der Waals surface area contributed by atoms with Crippen LogP contribution in [0.25, 0.3) is 0 Å². The molecular formula is C12H14ClNO4. The van der Waals surface area contributed by atoms with Crippen molar-refractivity contribution in [2.24, 2.45) is 5.16 Å². The first-order valence-electron chi connectivity index (χ1n) is 5.31. The van der Waals surface area contributed by atoms with Gasteiger partial charge in [-0.05, 0) is 24.6 Å². The SMILES string of the molecule is CCOC(/C(=N\O)C(=O)OC)c1ccc(Cl)cc1. The molecule has 5 nitrogen and oxygen atoms in total. The van der Waals surface area contributed by atoms with Gasteiger partial charge in [-0.1, -0.05) is 28.9 Å². The third-order valence-electron chi connectivity index (χ3n) is 2.26. The van der Waals surface area contributed by atoms with E-state index in [1.165, 1.54) is 7.11 Å². The van der Waals surface area contributed by atoms with Crippen LogP contribution in [0.4, 0.5) is 0 Å². The first-order valence-corrected chi connectivity index (χ1v) is 5.69. The predicted octanol–water partition coefficient (Wildman–Crippen LogP) is 2.42. The quantitative estimate of drug-likeness (QED) is 0.386. The number of benzene rings is 1. The van der Waals surface area contributed by atoms with Crippen molar-refractivity contribution in [3.8, 4) is 0 Å². The first kappa shape index (κ1) is 14.5. The number of halogens is 1. The minimum Gasteiger partial charge on any atom is -0.464 e. The van der Waals surface area contributed by atoms with Gasteiger partial charge in [-0.2, -0.15) is 0 Å². The van der Waals surface area contributed by atoms with Gasteiger partial charge in [0.1, 0.15) is 6.10 Å². The van der Waals surface area contributed by atoms with E-state index >= 15 is 0 Å². The molecule has 6 heteroatoms. The molecule has 0 saturated heterocycles. The van der Waals surface area contributed by atoms with Crippen molar-refractivity contribution in [1.82, 2.24) is 0 Å².